The minimum Gasteiger partial charge on any atom is -0.465 e. The van der Waals surface area contributed by atoms with Crippen LogP contribution >= 0.6 is 0 Å². The van der Waals surface area contributed by atoms with Crippen molar-refractivity contribution in [1.29, 1.82) is 0 Å². The van der Waals surface area contributed by atoms with Crippen molar-refractivity contribution in [1.82, 2.24) is 0 Å². The fourth-order valence-corrected chi connectivity index (χ4v) is 2.85. The van der Waals surface area contributed by atoms with Gasteiger partial charge in [-0.3, -0.25) is 0 Å². The number of benzene rings is 3. The van der Waals surface area contributed by atoms with E-state index in [9.17, 15) is 9.59 Å². The Morgan fingerprint density at radius 3 is 1.42 bits per heavy atom. The third kappa shape index (κ3) is 3.49. The van der Waals surface area contributed by atoms with Gasteiger partial charge in [0.25, 0.3) is 0 Å². The average molecular weight is 346 g/mol. The predicted molar refractivity (Wildman–Crippen MR) is 100.0 cm³/mol. The first-order valence-corrected chi connectivity index (χ1v) is 8.10. The normalized spacial score (nSPS) is 10.2. The van der Waals surface area contributed by atoms with Crippen LogP contribution in [0.4, 0.5) is 0 Å². The number of carbonyl (C=O) groups excluding carboxylic acids is 2. The third-order valence-corrected chi connectivity index (χ3v) is 4.12. The highest BCUT2D eigenvalue weighted by atomic mass is 16.5. The lowest BCUT2D eigenvalue weighted by Gasteiger charge is -2.12. The zero-order chi connectivity index (χ0) is 18.5. The number of methoxy groups -OCH3 is 2. The lowest BCUT2D eigenvalue weighted by Crippen LogP contribution is -2.01. The minimum absolute atomic E-state index is 0.378. The molecule has 0 aromatic heterocycles. The summed E-state index contributed by atoms with van der Waals surface area (Å²) >= 11 is 0. The van der Waals surface area contributed by atoms with E-state index in [-0.39, 0.29) is 11.9 Å². The van der Waals surface area contributed by atoms with Gasteiger partial charge in [0.05, 0.1) is 25.3 Å². The highest BCUT2D eigenvalue weighted by Crippen LogP contribution is 2.33. The molecule has 0 saturated carbocycles. The highest BCUT2D eigenvalue weighted by molar-refractivity contribution is 5.94. The molecular formula is C22H18O4. The quantitative estimate of drug-likeness (QED) is 0.648. The largest absolute Gasteiger partial charge is 0.465 e. The molecule has 0 aliphatic rings. The van der Waals surface area contributed by atoms with Crippen LogP contribution in [0.1, 0.15) is 20.7 Å². The molecule has 0 spiro atoms. The van der Waals surface area contributed by atoms with Gasteiger partial charge in [0, 0.05) is 0 Å². The van der Waals surface area contributed by atoms with Crippen molar-refractivity contribution in [3.05, 3.63) is 83.9 Å². The number of esters is 2. The van der Waals surface area contributed by atoms with Gasteiger partial charge in [-0.25, -0.2) is 9.59 Å². The van der Waals surface area contributed by atoms with E-state index < -0.39 is 0 Å². The summed E-state index contributed by atoms with van der Waals surface area (Å²) in [5.41, 5.74) is 4.69. The van der Waals surface area contributed by atoms with Crippen molar-refractivity contribution < 1.29 is 19.1 Å². The minimum atomic E-state index is -0.378. The summed E-state index contributed by atoms with van der Waals surface area (Å²) in [5.74, 6) is -0.756. The van der Waals surface area contributed by atoms with Crippen molar-refractivity contribution in [2.75, 3.05) is 14.2 Å². The maximum Gasteiger partial charge on any atom is 0.337 e. The van der Waals surface area contributed by atoms with E-state index in [1.807, 2.05) is 48.5 Å². The standard InChI is InChI=1S/C22H18O4/c1-25-21(23)17-9-5-7-15(13-17)19-11-3-4-12-20(19)16-8-6-10-18(14-16)22(24)26-2/h3-14H,1-2H3. The van der Waals surface area contributed by atoms with Gasteiger partial charge in [0.1, 0.15) is 0 Å². The predicted octanol–water partition coefficient (Wildman–Crippen LogP) is 4.59. The molecule has 0 bridgehead atoms. The lowest BCUT2D eigenvalue weighted by molar-refractivity contribution is 0.0592. The van der Waals surface area contributed by atoms with Gasteiger partial charge in [0.2, 0.25) is 0 Å². The Morgan fingerprint density at radius 1 is 0.615 bits per heavy atom. The Balaban J connectivity index is 2.10. The van der Waals surface area contributed by atoms with E-state index in [0.717, 1.165) is 22.3 Å². The first-order valence-electron chi connectivity index (χ1n) is 8.10. The van der Waals surface area contributed by atoms with E-state index in [1.165, 1.54) is 14.2 Å². The second kappa shape index (κ2) is 7.66. The van der Waals surface area contributed by atoms with E-state index in [1.54, 1.807) is 24.3 Å². The molecule has 0 heterocycles. The van der Waals surface area contributed by atoms with Crippen LogP contribution < -0.4 is 0 Å². The molecule has 4 nitrogen and oxygen atoms in total. The van der Waals surface area contributed by atoms with E-state index >= 15 is 0 Å². The Hall–Kier alpha value is -3.40. The Kier molecular flexibility index (Phi) is 5.13. The monoisotopic (exact) mass is 346 g/mol. The molecule has 4 heteroatoms. The number of rotatable bonds is 4. The van der Waals surface area contributed by atoms with Gasteiger partial charge in [-0.05, 0) is 46.5 Å². The van der Waals surface area contributed by atoms with Crippen LogP contribution in [0.5, 0.6) is 0 Å². The van der Waals surface area contributed by atoms with E-state index in [0.29, 0.717) is 11.1 Å². The fraction of sp³-hybridized carbons (Fsp3) is 0.0909. The maximum atomic E-state index is 11.8. The van der Waals surface area contributed by atoms with Gasteiger partial charge in [0.15, 0.2) is 0 Å². The SMILES string of the molecule is COC(=O)c1cccc(-c2ccccc2-c2cccc(C(=O)OC)c2)c1. The van der Waals surface area contributed by atoms with Crippen molar-refractivity contribution in [2.45, 2.75) is 0 Å². The summed E-state index contributed by atoms with van der Waals surface area (Å²) in [6.45, 7) is 0. The zero-order valence-corrected chi connectivity index (χ0v) is 14.6. The maximum absolute atomic E-state index is 11.8. The first kappa shape index (κ1) is 17.4. The summed E-state index contributed by atoms with van der Waals surface area (Å²) in [5, 5.41) is 0. The van der Waals surface area contributed by atoms with Crippen LogP contribution in [0, 0.1) is 0 Å². The highest BCUT2D eigenvalue weighted by Gasteiger charge is 2.12. The molecule has 0 aliphatic heterocycles. The van der Waals surface area contributed by atoms with Gasteiger partial charge < -0.3 is 9.47 Å². The number of carbonyl (C=O) groups is 2. The summed E-state index contributed by atoms with van der Waals surface area (Å²) in [6.07, 6.45) is 0. The van der Waals surface area contributed by atoms with Crippen molar-refractivity contribution in [3.8, 4) is 22.3 Å². The molecule has 0 amide bonds. The van der Waals surface area contributed by atoms with Gasteiger partial charge in [-0.2, -0.15) is 0 Å². The number of hydrogen-bond donors (Lipinski definition) is 0. The molecule has 0 aliphatic carbocycles. The lowest BCUT2D eigenvalue weighted by atomic mass is 9.93. The fourth-order valence-electron chi connectivity index (χ4n) is 2.85. The Bertz CT molecular complexity index is 881. The molecule has 3 rings (SSSR count). The third-order valence-electron chi connectivity index (χ3n) is 4.12. The molecular weight excluding hydrogens is 328 g/mol. The smallest absolute Gasteiger partial charge is 0.337 e. The Labute approximate surface area is 152 Å². The summed E-state index contributed by atoms with van der Waals surface area (Å²) in [6, 6.07) is 22.4. The van der Waals surface area contributed by atoms with E-state index in [4.69, 9.17) is 9.47 Å². The summed E-state index contributed by atoms with van der Waals surface area (Å²) in [7, 11) is 2.72. The van der Waals surface area contributed by atoms with Crippen LogP contribution in [0.15, 0.2) is 72.8 Å². The molecule has 0 radical (unpaired) electrons. The number of hydrogen-bond acceptors (Lipinski definition) is 4. The summed E-state index contributed by atoms with van der Waals surface area (Å²) < 4.78 is 9.61. The van der Waals surface area contributed by atoms with Crippen LogP contribution in [0.25, 0.3) is 22.3 Å². The number of ether oxygens (including phenoxy) is 2. The molecule has 26 heavy (non-hydrogen) atoms. The molecule has 0 N–H and O–H groups in total. The van der Waals surface area contributed by atoms with Crippen molar-refractivity contribution in [3.63, 3.8) is 0 Å². The molecule has 0 atom stereocenters. The topological polar surface area (TPSA) is 52.6 Å². The molecule has 3 aromatic rings. The average Bonchev–Trinajstić information content (AvgIpc) is 2.72. The first-order chi connectivity index (χ1) is 12.6. The molecule has 0 saturated heterocycles. The van der Waals surface area contributed by atoms with Crippen LogP contribution in [0.2, 0.25) is 0 Å². The molecule has 0 unspecified atom stereocenters. The van der Waals surface area contributed by atoms with Crippen molar-refractivity contribution >= 4 is 11.9 Å². The zero-order valence-electron chi connectivity index (χ0n) is 14.6. The van der Waals surface area contributed by atoms with E-state index in [2.05, 4.69) is 0 Å². The molecule has 130 valence electrons. The van der Waals surface area contributed by atoms with Crippen LogP contribution in [0.3, 0.4) is 0 Å². The van der Waals surface area contributed by atoms with Crippen molar-refractivity contribution in [2.24, 2.45) is 0 Å². The summed E-state index contributed by atoms with van der Waals surface area (Å²) in [4.78, 5) is 23.7. The van der Waals surface area contributed by atoms with Gasteiger partial charge in [-0.15, -0.1) is 0 Å². The van der Waals surface area contributed by atoms with Gasteiger partial charge >= 0.3 is 11.9 Å². The van der Waals surface area contributed by atoms with Gasteiger partial charge in [-0.1, -0.05) is 48.5 Å². The second-order valence-electron chi connectivity index (χ2n) is 5.69. The molecule has 3 aromatic carbocycles. The van der Waals surface area contributed by atoms with Crippen LogP contribution in [-0.2, 0) is 9.47 Å². The van der Waals surface area contributed by atoms with Crippen LogP contribution in [-0.4, -0.2) is 26.2 Å². The molecule has 0 fully saturated rings. The second-order valence-corrected chi connectivity index (χ2v) is 5.69. The Morgan fingerprint density at radius 2 is 1.04 bits per heavy atom.